The number of para-hydroxylation sites is 1. The van der Waals surface area contributed by atoms with E-state index < -0.39 is 5.97 Å². The second-order valence-electron chi connectivity index (χ2n) is 7.37. The molecule has 0 aliphatic heterocycles. The van der Waals surface area contributed by atoms with Crippen LogP contribution in [0.1, 0.15) is 70.2 Å². The fourth-order valence-corrected chi connectivity index (χ4v) is 5.15. The smallest absolute Gasteiger partial charge is 0.341 e. The molecule has 0 unspecified atom stereocenters. The molecule has 166 valence electrons. The molecule has 1 aliphatic rings. The van der Waals surface area contributed by atoms with Crippen LogP contribution in [0.25, 0.3) is 0 Å². The fraction of sp³-hybridized carbons (Fsp3) is 0.435. The van der Waals surface area contributed by atoms with Crippen molar-refractivity contribution in [2.24, 2.45) is 0 Å². The summed E-state index contributed by atoms with van der Waals surface area (Å²) >= 11 is 6.84. The number of carbonyl (C=O) groups excluding carboxylic acids is 2. The number of methoxy groups -OCH3 is 1. The summed E-state index contributed by atoms with van der Waals surface area (Å²) in [4.78, 5) is 26.3. The van der Waals surface area contributed by atoms with Crippen molar-refractivity contribution < 1.29 is 19.1 Å². The van der Waals surface area contributed by atoms with Gasteiger partial charge in [0, 0.05) is 4.88 Å². The number of fused-ring (bicyclic) bond motifs is 1. The van der Waals surface area contributed by atoms with Gasteiger partial charge < -0.3 is 14.8 Å². The number of thiocarbonyl (C=S) groups is 1. The number of unbranched alkanes of at least 4 members (excludes halogenated alkanes) is 3. The number of amides is 1. The lowest BCUT2D eigenvalue weighted by molar-refractivity contribution is 0.0601. The third-order valence-electron chi connectivity index (χ3n) is 5.15. The molecule has 1 aromatic heterocycles. The van der Waals surface area contributed by atoms with E-state index in [0.717, 1.165) is 44.1 Å². The maximum atomic E-state index is 12.8. The van der Waals surface area contributed by atoms with Crippen LogP contribution in [0.5, 0.6) is 5.75 Å². The fourth-order valence-electron chi connectivity index (χ4n) is 3.61. The van der Waals surface area contributed by atoms with Gasteiger partial charge in [0.05, 0.1) is 24.8 Å². The largest absolute Gasteiger partial charge is 0.493 e. The number of benzene rings is 1. The molecule has 0 bridgehead atoms. The number of esters is 1. The Morgan fingerprint density at radius 1 is 1.16 bits per heavy atom. The summed E-state index contributed by atoms with van der Waals surface area (Å²) in [5.41, 5.74) is 1.96. The van der Waals surface area contributed by atoms with Crippen molar-refractivity contribution in [1.29, 1.82) is 0 Å². The van der Waals surface area contributed by atoms with Crippen molar-refractivity contribution in [3.8, 4) is 5.75 Å². The monoisotopic (exact) mass is 460 g/mol. The number of rotatable bonds is 9. The van der Waals surface area contributed by atoms with Crippen molar-refractivity contribution in [3.63, 3.8) is 0 Å². The molecule has 31 heavy (non-hydrogen) atoms. The molecule has 2 aromatic rings. The van der Waals surface area contributed by atoms with E-state index in [1.165, 1.54) is 29.7 Å². The van der Waals surface area contributed by atoms with Crippen LogP contribution >= 0.6 is 23.6 Å². The summed E-state index contributed by atoms with van der Waals surface area (Å²) in [5.74, 6) is -0.215. The van der Waals surface area contributed by atoms with Gasteiger partial charge in [-0.25, -0.2) is 4.79 Å². The quantitative estimate of drug-likeness (QED) is 0.308. The van der Waals surface area contributed by atoms with E-state index in [-0.39, 0.29) is 11.0 Å². The Morgan fingerprint density at radius 3 is 2.74 bits per heavy atom. The highest BCUT2D eigenvalue weighted by molar-refractivity contribution is 7.80. The van der Waals surface area contributed by atoms with Gasteiger partial charge in [0.2, 0.25) is 0 Å². The third-order valence-corrected chi connectivity index (χ3v) is 6.56. The molecule has 0 saturated carbocycles. The first-order valence-electron chi connectivity index (χ1n) is 10.6. The minimum atomic E-state index is -0.391. The van der Waals surface area contributed by atoms with E-state index >= 15 is 0 Å². The normalized spacial score (nSPS) is 12.2. The van der Waals surface area contributed by atoms with Crippen LogP contribution in [-0.2, 0) is 17.6 Å². The summed E-state index contributed by atoms with van der Waals surface area (Å²) in [6, 6.07) is 7.11. The summed E-state index contributed by atoms with van der Waals surface area (Å²) in [7, 11) is 1.37. The van der Waals surface area contributed by atoms with Gasteiger partial charge in [-0.1, -0.05) is 38.3 Å². The van der Waals surface area contributed by atoms with Crippen molar-refractivity contribution >= 4 is 45.5 Å². The van der Waals surface area contributed by atoms with Crippen molar-refractivity contribution in [2.45, 2.75) is 51.9 Å². The number of nitrogens with one attached hydrogen (secondary N) is 2. The summed E-state index contributed by atoms with van der Waals surface area (Å²) in [6.07, 6.45) is 7.20. The molecule has 0 saturated heterocycles. The van der Waals surface area contributed by atoms with Gasteiger partial charge in [-0.2, -0.15) is 0 Å². The van der Waals surface area contributed by atoms with Gasteiger partial charge in [-0.3, -0.25) is 10.1 Å². The second kappa shape index (κ2) is 11.2. The Kier molecular flexibility index (Phi) is 8.43. The van der Waals surface area contributed by atoms with Crippen LogP contribution < -0.4 is 15.4 Å². The van der Waals surface area contributed by atoms with Crippen LogP contribution in [0.3, 0.4) is 0 Å². The zero-order valence-electron chi connectivity index (χ0n) is 17.9. The highest BCUT2D eigenvalue weighted by Crippen LogP contribution is 2.39. The standard InChI is InChI=1S/C23H28N2O4S2/c1-3-4-5-8-14-29-17-12-7-6-10-15(17)20(26)24-23(30)25-21-19(22(27)28-2)16-11-9-13-18(16)31-21/h6-7,10,12H,3-5,8-9,11,13-14H2,1-2H3,(H2,24,25,26,30). The molecule has 8 heteroatoms. The average molecular weight is 461 g/mol. The van der Waals surface area contributed by atoms with Gasteiger partial charge >= 0.3 is 5.97 Å². The van der Waals surface area contributed by atoms with Crippen molar-refractivity contribution in [3.05, 3.63) is 45.8 Å². The third kappa shape index (κ3) is 5.83. The highest BCUT2D eigenvalue weighted by atomic mass is 32.1. The van der Waals surface area contributed by atoms with Crippen LogP contribution in [-0.4, -0.2) is 30.7 Å². The molecule has 0 atom stereocenters. The number of aryl methyl sites for hydroxylation is 1. The molecule has 3 rings (SSSR count). The number of thiophene rings is 1. The molecule has 1 heterocycles. The van der Waals surface area contributed by atoms with Crippen LogP contribution in [0.4, 0.5) is 5.00 Å². The molecule has 6 nitrogen and oxygen atoms in total. The molecule has 2 N–H and O–H groups in total. The van der Waals surface area contributed by atoms with Crippen LogP contribution in [0.15, 0.2) is 24.3 Å². The lowest BCUT2D eigenvalue weighted by Crippen LogP contribution is -2.34. The first-order chi connectivity index (χ1) is 15.0. The first kappa shape index (κ1) is 23.2. The number of hydrogen-bond donors (Lipinski definition) is 2. The van der Waals surface area contributed by atoms with Crippen molar-refractivity contribution in [2.75, 3.05) is 19.0 Å². The Morgan fingerprint density at radius 2 is 1.97 bits per heavy atom. The maximum Gasteiger partial charge on any atom is 0.341 e. The zero-order chi connectivity index (χ0) is 22.2. The minimum absolute atomic E-state index is 0.132. The van der Waals surface area contributed by atoms with E-state index in [9.17, 15) is 9.59 Å². The van der Waals surface area contributed by atoms with E-state index in [2.05, 4.69) is 17.6 Å². The molecule has 1 aliphatic carbocycles. The first-order valence-corrected chi connectivity index (χ1v) is 11.8. The Labute approximate surface area is 192 Å². The Bertz CT molecular complexity index is 955. The number of anilines is 1. The van der Waals surface area contributed by atoms with Gasteiger partial charge in [0.1, 0.15) is 10.8 Å². The molecule has 1 aromatic carbocycles. The van der Waals surface area contributed by atoms with Gasteiger partial charge in [-0.15, -0.1) is 11.3 Å². The minimum Gasteiger partial charge on any atom is -0.493 e. The average Bonchev–Trinajstić information content (AvgIpc) is 3.34. The number of ether oxygens (including phenoxy) is 2. The summed E-state index contributed by atoms with van der Waals surface area (Å²) in [5, 5.41) is 6.46. The SMILES string of the molecule is CCCCCCOc1ccccc1C(=O)NC(=S)Nc1sc2c(c1C(=O)OC)CCC2. The highest BCUT2D eigenvalue weighted by Gasteiger charge is 2.27. The summed E-state index contributed by atoms with van der Waals surface area (Å²) < 4.78 is 10.8. The summed E-state index contributed by atoms with van der Waals surface area (Å²) in [6.45, 7) is 2.73. The molecule has 1 amide bonds. The van der Waals surface area contributed by atoms with Crippen LogP contribution in [0.2, 0.25) is 0 Å². The Balaban J connectivity index is 1.64. The van der Waals surface area contributed by atoms with Gasteiger partial charge in [0.25, 0.3) is 5.91 Å². The van der Waals surface area contributed by atoms with Crippen molar-refractivity contribution in [1.82, 2.24) is 5.32 Å². The molecular weight excluding hydrogens is 432 g/mol. The topological polar surface area (TPSA) is 76.7 Å². The lowest BCUT2D eigenvalue weighted by Gasteiger charge is -2.13. The predicted octanol–water partition coefficient (Wildman–Crippen LogP) is 5.11. The molecule has 0 fully saturated rings. The zero-order valence-corrected chi connectivity index (χ0v) is 19.5. The maximum absolute atomic E-state index is 12.8. The number of hydrogen-bond acceptors (Lipinski definition) is 6. The van der Waals surface area contributed by atoms with Gasteiger partial charge in [0.15, 0.2) is 5.11 Å². The molecule has 0 radical (unpaired) electrons. The van der Waals surface area contributed by atoms with E-state index in [1.54, 1.807) is 18.2 Å². The van der Waals surface area contributed by atoms with E-state index in [4.69, 9.17) is 21.7 Å². The Hall–Kier alpha value is -2.45. The van der Waals surface area contributed by atoms with E-state index in [1.807, 2.05) is 6.07 Å². The predicted molar refractivity (Wildman–Crippen MR) is 127 cm³/mol. The molecular formula is C23H28N2O4S2. The van der Waals surface area contributed by atoms with E-state index in [0.29, 0.717) is 28.5 Å². The second-order valence-corrected chi connectivity index (χ2v) is 8.88. The lowest BCUT2D eigenvalue weighted by atomic mass is 10.1. The van der Waals surface area contributed by atoms with Gasteiger partial charge in [-0.05, 0) is 55.6 Å². The van der Waals surface area contributed by atoms with Crippen LogP contribution in [0, 0.1) is 0 Å². The number of carbonyl (C=O) groups is 2. The molecule has 0 spiro atoms.